The predicted molar refractivity (Wildman–Crippen MR) is 111 cm³/mol. The van der Waals surface area contributed by atoms with Gasteiger partial charge in [0.2, 0.25) is 11.3 Å². The Bertz CT molecular complexity index is 1260. The van der Waals surface area contributed by atoms with E-state index in [0.717, 1.165) is 22.3 Å². The molecule has 162 valence electrons. The van der Waals surface area contributed by atoms with Crippen LogP contribution >= 0.6 is 11.3 Å². The van der Waals surface area contributed by atoms with Crippen LogP contribution in [0.5, 0.6) is 5.75 Å². The lowest BCUT2D eigenvalue weighted by Gasteiger charge is -2.06. The normalized spacial score (nSPS) is 13.2. The first-order valence-electron chi connectivity index (χ1n) is 9.12. The highest BCUT2D eigenvalue weighted by Gasteiger charge is 2.30. The number of alkyl halides is 3. The van der Waals surface area contributed by atoms with Gasteiger partial charge in [-0.2, -0.15) is 23.4 Å². The number of ether oxygens (including phenoxy) is 1. The molecule has 1 unspecified atom stereocenters. The molecule has 0 aliphatic carbocycles. The molecule has 0 saturated heterocycles. The second-order valence-electron chi connectivity index (χ2n) is 6.32. The van der Waals surface area contributed by atoms with Crippen LogP contribution in [0.4, 0.5) is 24.1 Å². The molecule has 4 rings (SSSR count). The number of rotatable bonds is 6. The van der Waals surface area contributed by atoms with Gasteiger partial charge in [-0.05, 0) is 36.4 Å². The van der Waals surface area contributed by atoms with E-state index in [1.54, 1.807) is 37.7 Å². The van der Waals surface area contributed by atoms with E-state index in [9.17, 15) is 13.2 Å². The Morgan fingerprint density at radius 2 is 1.88 bits per heavy atom. The van der Waals surface area contributed by atoms with Crippen LogP contribution in [0.25, 0.3) is 10.2 Å². The number of methoxy groups -OCH3 is 1. The molecule has 12 heteroatoms. The van der Waals surface area contributed by atoms with Gasteiger partial charge in [0.25, 0.3) is 0 Å². The summed E-state index contributed by atoms with van der Waals surface area (Å²) < 4.78 is 44.2. The first-order valence-corrected chi connectivity index (χ1v) is 9.93. The van der Waals surface area contributed by atoms with Gasteiger partial charge in [0, 0.05) is 24.2 Å². The molecule has 1 aromatic carbocycles. The Hall–Kier alpha value is -3.80. The van der Waals surface area contributed by atoms with Gasteiger partial charge in [-0.15, -0.1) is 10.2 Å². The van der Waals surface area contributed by atoms with E-state index in [4.69, 9.17) is 4.74 Å². The molecule has 0 aliphatic heterocycles. The molecule has 0 bridgehead atoms. The molecule has 0 fully saturated rings. The van der Waals surface area contributed by atoms with Gasteiger partial charge in [-0.3, -0.25) is 4.98 Å². The fourth-order valence-corrected chi connectivity index (χ4v) is 3.40. The first-order chi connectivity index (χ1) is 15.4. The van der Waals surface area contributed by atoms with Crippen LogP contribution in [0.1, 0.15) is 17.3 Å². The van der Waals surface area contributed by atoms with Gasteiger partial charge in [-0.1, -0.05) is 17.4 Å². The van der Waals surface area contributed by atoms with E-state index in [0.29, 0.717) is 22.6 Å². The van der Waals surface area contributed by atoms with E-state index in [1.807, 2.05) is 12.1 Å². The van der Waals surface area contributed by atoms with Gasteiger partial charge in [0.15, 0.2) is 5.82 Å². The fraction of sp³-hybridized carbons (Fsp3) is 0.150. The summed E-state index contributed by atoms with van der Waals surface area (Å²) in [6.07, 6.45) is -1.52. The van der Waals surface area contributed by atoms with Gasteiger partial charge in [0.1, 0.15) is 5.75 Å². The van der Waals surface area contributed by atoms with Gasteiger partial charge >= 0.3 is 6.18 Å². The molecule has 0 radical (unpaired) electrons. The highest BCUT2D eigenvalue weighted by molar-refractivity contribution is 7.21. The van der Waals surface area contributed by atoms with Crippen LogP contribution in [0.15, 0.2) is 81.5 Å². The van der Waals surface area contributed by atoms with Crippen LogP contribution < -0.4 is 4.74 Å². The highest BCUT2D eigenvalue weighted by Crippen LogP contribution is 2.33. The molecule has 0 amide bonds. The van der Waals surface area contributed by atoms with E-state index in [1.165, 1.54) is 11.3 Å². The lowest BCUT2D eigenvalue weighted by molar-refractivity contribution is -0.137. The Morgan fingerprint density at radius 1 is 1.03 bits per heavy atom. The minimum Gasteiger partial charge on any atom is -0.497 e. The van der Waals surface area contributed by atoms with Crippen molar-refractivity contribution in [1.82, 2.24) is 15.0 Å². The number of benzene rings is 1. The summed E-state index contributed by atoms with van der Waals surface area (Å²) in [7, 11) is 1.58. The predicted octanol–water partition coefficient (Wildman–Crippen LogP) is 6.68. The number of nitrogens with zero attached hydrogens (tertiary/aromatic N) is 7. The molecular formula is C20H14F3N7OS. The molecule has 3 heterocycles. The fourth-order valence-electron chi connectivity index (χ4n) is 2.58. The number of thiazole rings is 1. The smallest absolute Gasteiger partial charge is 0.417 e. The number of pyridine rings is 2. The minimum absolute atomic E-state index is 0.00849. The summed E-state index contributed by atoms with van der Waals surface area (Å²) >= 11 is 1.32. The number of hydrogen-bond donors (Lipinski definition) is 0. The monoisotopic (exact) mass is 457 g/mol. The Kier molecular flexibility index (Phi) is 6.12. The van der Waals surface area contributed by atoms with Crippen molar-refractivity contribution in [3.05, 3.63) is 72.2 Å². The second-order valence-corrected chi connectivity index (χ2v) is 7.33. The van der Waals surface area contributed by atoms with Crippen molar-refractivity contribution < 1.29 is 17.9 Å². The third-order valence-electron chi connectivity index (χ3n) is 4.16. The summed E-state index contributed by atoms with van der Waals surface area (Å²) in [5.74, 6) is 0.713. The second kappa shape index (κ2) is 9.14. The summed E-state index contributed by atoms with van der Waals surface area (Å²) in [5.41, 5.74) is 0.473. The van der Waals surface area contributed by atoms with Gasteiger partial charge in [0.05, 0.1) is 22.9 Å². The maximum atomic E-state index is 12.7. The van der Waals surface area contributed by atoms with Crippen molar-refractivity contribution in [1.29, 1.82) is 0 Å². The van der Waals surface area contributed by atoms with Crippen LogP contribution in [0, 0.1) is 0 Å². The molecule has 0 spiro atoms. The van der Waals surface area contributed by atoms with Crippen molar-refractivity contribution in [3.63, 3.8) is 0 Å². The Balaban J connectivity index is 1.59. The van der Waals surface area contributed by atoms with Crippen molar-refractivity contribution in [3.8, 4) is 5.75 Å². The summed E-state index contributed by atoms with van der Waals surface area (Å²) in [5, 5.41) is 16.8. The quantitative estimate of drug-likeness (QED) is 0.302. The molecule has 8 nitrogen and oxygen atoms in total. The maximum Gasteiger partial charge on any atom is 0.417 e. The number of hydrogen-bond acceptors (Lipinski definition) is 9. The van der Waals surface area contributed by atoms with Gasteiger partial charge < -0.3 is 4.74 Å². The Labute approximate surface area is 183 Å². The maximum absolute atomic E-state index is 12.7. The number of halogens is 3. The third kappa shape index (κ3) is 5.09. The first kappa shape index (κ1) is 21.4. The summed E-state index contributed by atoms with van der Waals surface area (Å²) in [6.45, 7) is 0. The average molecular weight is 457 g/mol. The lowest BCUT2D eigenvalue weighted by atomic mass is 10.2. The average Bonchev–Trinajstić information content (AvgIpc) is 3.21. The topological polar surface area (TPSA) is 97.3 Å². The molecular weight excluding hydrogens is 443 g/mol. The van der Waals surface area contributed by atoms with E-state index in [2.05, 4.69) is 35.4 Å². The van der Waals surface area contributed by atoms with E-state index < -0.39 is 17.9 Å². The zero-order valence-corrected chi connectivity index (χ0v) is 17.2. The minimum atomic E-state index is -4.48. The highest BCUT2D eigenvalue weighted by atomic mass is 32.1. The van der Waals surface area contributed by atoms with Crippen LogP contribution in [0.2, 0.25) is 0 Å². The number of azo groups is 2. The Morgan fingerprint density at radius 3 is 2.56 bits per heavy atom. The standard InChI is InChI=1S/C20H14F3N7OS/c1-31-14-5-6-15-16(9-14)32-19(26-15)30-29-18(12-3-2-8-24-10-12)28-27-17-7-4-13(11-25-17)20(21,22)23/h2-11,18H,1H3. The van der Waals surface area contributed by atoms with Crippen molar-refractivity contribution in [2.24, 2.45) is 20.5 Å². The molecule has 0 N–H and O–H groups in total. The molecule has 0 saturated carbocycles. The van der Waals surface area contributed by atoms with Crippen LogP contribution in [-0.2, 0) is 6.18 Å². The van der Waals surface area contributed by atoms with Crippen LogP contribution in [0.3, 0.4) is 0 Å². The summed E-state index contributed by atoms with van der Waals surface area (Å²) in [4.78, 5) is 12.1. The van der Waals surface area contributed by atoms with Crippen molar-refractivity contribution in [2.45, 2.75) is 12.3 Å². The van der Waals surface area contributed by atoms with E-state index >= 15 is 0 Å². The SMILES string of the molecule is COc1ccc2nc(N=NC(N=Nc3ccc(C(F)(F)F)cn3)c3cccnc3)sc2c1. The molecule has 3 aromatic heterocycles. The largest absolute Gasteiger partial charge is 0.497 e. The number of aromatic nitrogens is 3. The van der Waals surface area contributed by atoms with Crippen molar-refractivity contribution in [2.75, 3.05) is 7.11 Å². The molecule has 4 aromatic rings. The zero-order chi connectivity index (χ0) is 22.6. The number of fused-ring (bicyclic) bond motifs is 1. The summed E-state index contributed by atoms with van der Waals surface area (Å²) in [6, 6.07) is 10.9. The third-order valence-corrected chi connectivity index (χ3v) is 5.07. The van der Waals surface area contributed by atoms with Gasteiger partial charge in [-0.25, -0.2) is 9.97 Å². The molecule has 0 aliphatic rings. The van der Waals surface area contributed by atoms with Crippen molar-refractivity contribution >= 4 is 32.5 Å². The lowest BCUT2D eigenvalue weighted by Crippen LogP contribution is -2.04. The zero-order valence-electron chi connectivity index (χ0n) is 16.4. The molecule has 1 atom stereocenters. The van der Waals surface area contributed by atoms with E-state index in [-0.39, 0.29) is 5.82 Å². The molecule has 32 heavy (non-hydrogen) atoms. The van der Waals surface area contributed by atoms with Crippen LogP contribution in [-0.4, -0.2) is 22.1 Å².